The van der Waals surface area contributed by atoms with Gasteiger partial charge in [-0.05, 0) is 31.3 Å². The van der Waals surface area contributed by atoms with Crippen LogP contribution in [0.2, 0.25) is 0 Å². The summed E-state index contributed by atoms with van der Waals surface area (Å²) in [7, 11) is 0. The van der Waals surface area contributed by atoms with Gasteiger partial charge in [0.1, 0.15) is 0 Å². The minimum absolute atomic E-state index is 0.0894. The number of hydrogen-bond donors (Lipinski definition) is 2. The summed E-state index contributed by atoms with van der Waals surface area (Å²) in [5.41, 5.74) is 5.86. The first kappa shape index (κ1) is 12.5. The predicted octanol–water partition coefficient (Wildman–Crippen LogP) is 0.839. The number of amides is 1. The molecule has 2 aliphatic heterocycles. The zero-order chi connectivity index (χ0) is 13.4. The number of nitrogens with zero attached hydrogens (tertiary/aromatic N) is 2. The lowest BCUT2D eigenvalue weighted by molar-refractivity contribution is -0.122. The quantitative estimate of drug-likeness (QED) is 0.858. The van der Waals surface area contributed by atoms with Crippen LogP contribution in [0.4, 0.5) is 10.8 Å². The van der Waals surface area contributed by atoms with E-state index in [-0.39, 0.29) is 17.9 Å². The molecule has 0 aliphatic carbocycles. The van der Waals surface area contributed by atoms with Crippen molar-refractivity contribution in [2.45, 2.75) is 25.8 Å². The molecule has 0 aromatic carbocycles. The number of nitrogens with one attached hydrogen (secondary N) is 1. The first-order chi connectivity index (χ1) is 9.22. The van der Waals surface area contributed by atoms with Crippen molar-refractivity contribution in [3.8, 4) is 5.75 Å². The summed E-state index contributed by atoms with van der Waals surface area (Å²) in [4.78, 5) is 14.0. The summed E-state index contributed by atoms with van der Waals surface area (Å²) in [6.45, 7) is 4.12. The normalized spacial score (nSPS) is 26.2. The molecule has 2 unspecified atom stereocenters. The van der Waals surface area contributed by atoms with Crippen LogP contribution in [-0.4, -0.2) is 36.0 Å². The SMILES string of the molecule is CCOc1c(N)nsc1N1CCCC2C(=O)NCC21. The van der Waals surface area contributed by atoms with Crippen molar-refractivity contribution in [2.75, 3.05) is 30.3 Å². The maximum Gasteiger partial charge on any atom is 0.225 e. The second-order valence-corrected chi connectivity index (χ2v) is 5.64. The summed E-state index contributed by atoms with van der Waals surface area (Å²) >= 11 is 1.36. The number of anilines is 2. The van der Waals surface area contributed by atoms with E-state index in [2.05, 4.69) is 14.6 Å². The Balaban J connectivity index is 1.91. The highest BCUT2D eigenvalue weighted by Crippen LogP contribution is 2.42. The van der Waals surface area contributed by atoms with Crippen molar-refractivity contribution in [2.24, 2.45) is 5.92 Å². The molecule has 2 saturated heterocycles. The molecule has 1 aromatic heterocycles. The molecule has 0 radical (unpaired) electrons. The minimum Gasteiger partial charge on any atom is -0.487 e. The zero-order valence-corrected chi connectivity index (χ0v) is 11.7. The molecular weight excluding hydrogens is 264 g/mol. The minimum atomic E-state index is 0.0894. The van der Waals surface area contributed by atoms with Crippen molar-refractivity contribution >= 4 is 28.3 Å². The lowest BCUT2D eigenvalue weighted by Crippen LogP contribution is -2.45. The Morgan fingerprint density at radius 2 is 2.47 bits per heavy atom. The number of nitrogen functional groups attached to an aromatic ring is 1. The Kier molecular flexibility index (Phi) is 3.22. The van der Waals surface area contributed by atoms with E-state index in [9.17, 15) is 4.79 Å². The van der Waals surface area contributed by atoms with Gasteiger partial charge < -0.3 is 20.7 Å². The van der Waals surface area contributed by atoms with Crippen molar-refractivity contribution in [1.82, 2.24) is 9.69 Å². The Bertz CT molecular complexity index is 490. The Morgan fingerprint density at radius 3 is 3.26 bits per heavy atom. The van der Waals surface area contributed by atoms with E-state index in [4.69, 9.17) is 10.5 Å². The van der Waals surface area contributed by atoms with E-state index in [1.165, 1.54) is 11.5 Å². The van der Waals surface area contributed by atoms with E-state index in [0.717, 1.165) is 24.4 Å². The van der Waals surface area contributed by atoms with E-state index in [1.807, 2.05) is 6.92 Å². The maximum atomic E-state index is 11.8. The smallest absolute Gasteiger partial charge is 0.225 e. The van der Waals surface area contributed by atoms with Crippen LogP contribution in [0.25, 0.3) is 0 Å². The molecule has 7 heteroatoms. The molecule has 3 N–H and O–H groups in total. The molecule has 104 valence electrons. The highest BCUT2D eigenvalue weighted by atomic mass is 32.1. The molecule has 0 bridgehead atoms. The predicted molar refractivity (Wildman–Crippen MR) is 74.6 cm³/mol. The number of carbonyl (C=O) groups is 1. The van der Waals surface area contributed by atoms with Gasteiger partial charge in [0.25, 0.3) is 0 Å². The monoisotopic (exact) mass is 282 g/mol. The fourth-order valence-electron chi connectivity index (χ4n) is 2.95. The molecule has 6 nitrogen and oxygen atoms in total. The molecule has 1 aromatic rings. The van der Waals surface area contributed by atoms with E-state index in [0.29, 0.717) is 24.7 Å². The average molecular weight is 282 g/mol. The molecule has 2 atom stereocenters. The van der Waals surface area contributed by atoms with Crippen LogP contribution in [0.15, 0.2) is 0 Å². The van der Waals surface area contributed by atoms with Crippen LogP contribution >= 0.6 is 11.5 Å². The van der Waals surface area contributed by atoms with Crippen LogP contribution in [0.1, 0.15) is 19.8 Å². The summed E-state index contributed by atoms with van der Waals surface area (Å²) in [6.07, 6.45) is 1.98. The van der Waals surface area contributed by atoms with Crippen LogP contribution in [0.3, 0.4) is 0 Å². The summed E-state index contributed by atoms with van der Waals surface area (Å²) < 4.78 is 9.80. The fraction of sp³-hybridized carbons (Fsp3) is 0.667. The van der Waals surface area contributed by atoms with Gasteiger partial charge in [0.2, 0.25) is 5.91 Å². The number of hydrogen-bond acceptors (Lipinski definition) is 6. The van der Waals surface area contributed by atoms with Gasteiger partial charge in [0.05, 0.1) is 18.6 Å². The van der Waals surface area contributed by atoms with Gasteiger partial charge in [-0.3, -0.25) is 4.79 Å². The van der Waals surface area contributed by atoms with Crippen molar-refractivity contribution < 1.29 is 9.53 Å². The summed E-state index contributed by atoms with van der Waals surface area (Å²) in [5, 5.41) is 3.91. The number of fused-ring (bicyclic) bond motifs is 1. The van der Waals surface area contributed by atoms with Gasteiger partial charge in [-0.1, -0.05) is 0 Å². The van der Waals surface area contributed by atoms with Gasteiger partial charge in [-0.25, -0.2) is 0 Å². The van der Waals surface area contributed by atoms with Gasteiger partial charge >= 0.3 is 0 Å². The Labute approximate surface area is 116 Å². The molecule has 2 aliphatic rings. The standard InChI is InChI=1S/C12H18N4O2S/c1-2-18-9-10(13)15-19-12(9)16-5-3-4-7-8(16)6-14-11(7)17/h7-8H,2-6H2,1H3,(H2,13,15)(H,14,17). The lowest BCUT2D eigenvalue weighted by atomic mass is 9.92. The van der Waals surface area contributed by atoms with Gasteiger partial charge in [-0.2, -0.15) is 4.37 Å². The number of piperidine rings is 1. The summed E-state index contributed by atoms with van der Waals surface area (Å²) in [5.74, 6) is 1.38. The Hall–Kier alpha value is -1.50. The third-order valence-electron chi connectivity index (χ3n) is 3.81. The van der Waals surface area contributed by atoms with E-state index in [1.54, 1.807) is 0 Å². The Morgan fingerprint density at radius 1 is 1.63 bits per heavy atom. The lowest BCUT2D eigenvalue weighted by Gasteiger charge is -2.36. The fourth-order valence-corrected chi connectivity index (χ4v) is 3.80. The highest BCUT2D eigenvalue weighted by molar-refractivity contribution is 7.11. The highest BCUT2D eigenvalue weighted by Gasteiger charge is 2.42. The average Bonchev–Trinajstić information content (AvgIpc) is 2.96. The van der Waals surface area contributed by atoms with E-state index >= 15 is 0 Å². The molecule has 2 fully saturated rings. The second kappa shape index (κ2) is 4.88. The van der Waals surface area contributed by atoms with Crippen molar-refractivity contribution in [3.63, 3.8) is 0 Å². The zero-order valence-electron chi connectivity index (χ0n) is 10.9. The first-order valence-corrected chi connectivity index (χ1v) is 7.42. The van der Waals surface area contributed by atoms with Gasteiger partial charge in [0.15, 0.2) is 16.6 Å². The third kappa shape index (κ3) is 2.01. The van der Waals surface area contributed by atoms with Gasteiger partial charge in [0, 0.05) is 13.1 Å². The molecular formula is C12H18N4O2S. The van der Waals surface area contributed by atoms with Crippen LogP contribution in [0.5, 0.6) is 5.75 Å². The molecule has 19 heavy (non-hydrogen) atoms. The van der Waals surface area contributed by atoms with Gasteiger partial charge in [-0.15, -0.1) is 0 Å². The third-order valence-corrected chi connectivity index (χ3v) is 4.69. The largest absolute Gasteiger partial charge is 0.487 e. The molecule has 3 rings (SSSR count). The number of carbonyl (C=O) groups excluding carboxylic acids is 1. The number of rotatable bonds is 3. The second-order valence-electron chi connectivity index (χ2n) is 4.89. The molecule has 3 heterocycles. The maximum absolute atomic E-state index is 11.8. The molecule has 0 spiro atoms. The molecule has 1 amide bonds. The first-order valence-electron chi connectivity index (χ1n) is 6.64. The summed E-state index contributed by atoms with van der Waals surface area (Å²) in [6, 6.07) is 0.209. The van der Waals surface area contributed by atoms with E-state index < -0.39 is 0 Å². The van der Waals surface area contributed by atoms with Crippen molar-refractivity contribution in [3.05, 3.63) is 0 Å². The topological polar surface area (TPSA) is 80.5 Å². The molecule has 0 saturated carbocycles. The number of ether oxygens (including phenoxy) is 1. The van der Waals surface area contributed by atoms with Crippen LogP contribution in [0, 0.1) is 5.92 Å². The van der Waals surface area contributed by atoms with Crippen LogP contribution in [-0.2, 0) is 4.79 Å². The number of aromatic nitrogens is 1. The number of nitrogens with two attached hydrogens (primary N) is 1. The van der Waals surface area contributed by atoms with Crippen molar-refractivity contribution in [1.29, 1.82) is 0 Å². The van der Waals surface area contributed by atoms with Crippen LogP contribution < -0.4 is 20.7 Å².